The first-order valence-corrected chi connectivity index (χ1v) is 15.4. The summed E-state index contributed by atoms with van der Waals surface area (Å²) in [4.78, 5) is 0. The van der Waals surface area contributed by atoms with E-state index in [0.29, 0.717) is 0 Å². The highest BCUT2D eigenvalue weighted by atomic mass is 32.1. The smallest absolute Gasteiger partial charge is 0.0735 e. The van der Waals surface area contributed by atoms with E-state index >= 15 is 0 Å². The van der Waals surface area contributed by atoms with Crippen LogP contribution in [0, 0.1) is 0 Å². The van der Waals surface area contributed by atoms with Gasteiger partial charge in [-0.25, -0.2) is 0 Å². The second-order valence-corrected chi connectivity index (χ2v) is 13.5. The summed E-state index contributed by atoms with van der Waals surface area (Å²) in [6, 6.07) is 46.1. The highest BCUT2D eigenvalue weighted by molar-refractivity contribution is 7.25. The predicted octanol–water partition coefficient (Wildman–Crippen LogP) is 10.7. The van der Waals surface area contributed by atoms with Crippen molar-refractivity contribution in [3.8, 4) is 33.4 Å². The van der Waals surface area contributed by atoms with Crippen molar-refractivity contribution in [2.24, 2.45) is 0 Å². The van der Waals surface area contributed by atoms with Gasteiger partial charge in [-0.05, 0) is 78.9 Å². The van der Waals surface area contributed by atoms with E-state index in [1.54, 1.807) is 0 Å². The van der Waals surface area contributed by atoms with Crippen molar-refractivity contribution in [2.75, 3.05) is 0 Å². The molecular formula is C40H26S. The van der Waals surface area contributed by atoms with Crippen LogP contribution in [0.4, 0.5) is 0 Å². The molecule has 0 N–H and O–H groups in total. The highest BCUT2D eigenvalue weighted by Gasteiger charge is 2.56. The monoisotopic (exact) mass is 538 g/mol. The zero-order valence-electron chi connectivity index (χ0n) is 23.0. The standard InChI is InChI=1S/C40H26S/c1-39(2)30-15-7-3-13-25(30)26-19-20-28-27-21-22-34-35(29-14-6-10-18-33(29)41-34)36(27)40(38(28)37(26)39)31-16-8-4-11-23(31)24-12-5-9-17-32(24)40/h3-22H,1-2H3. The van der Waals surface area contributed by atoms with Crippen molar-refractivity contribution >= 4 is 31.5 Å². The maximum Gasteiger partial charge on any atom is 0.0735 e. The summed E-state index contributed by atoms with van der Waals surface area (Å²) in [5.74, 6) is 0. The lowest BCUT2D eigenvalue weighted by Gasteiger charge is -2.35. The summed E-state index contributed by atoms with van der Waals surface area (Å²) >= 11 is 1.93. The lowest BCUT2D eigenvalue weighted by molar-refractivity contribution is 0.637. The first-order chi connectivity index (χ1) is 20.1. The average molecular weight is 539 g/mol. The van der Waals surface area contributed by atoms with E-state index in [1.165, 1.54) is 86.9 Å². The molecule has 1 spiro atoms. The number of hydrogen-bond donors (Lipinski definition) is 0. The molecule has 0 saturated heterocycles. The second-order valence-electron chi connectivity index (χ2n) is 12.4. The summed E-state index contributed by atoms with van der Waals surface area (Å²) in [6.45, 7) is 4.88. The van der Waals surface area contributed by atoms with Crippen molar-refractivity contribution in [3.63, 3.8) is 0 Å². The minimum absolute atomic E-state index is 0.116. The molecule has 7 aromatic rings. The normalized spacial score (nSPS) is 16.0. The molecule has 41 heavy (non-hydrogen) atoms. The van der Waals surface area contributed by atoms with Gasteiger partial charge < -0.3 is 0 Å². The Bertz CT molecular complexity index is 2250. The first kappa shape index (κ1) is 22.3. The van der Waals surface area contributed by atoms with Crippen LogP contribution < -0.4 is 0 Å². The molecule has 0 amide bonds. The van der Waals surface area contributed by atoms with Gasteiger partial charge in [0.25, 0.3) is 0 Å². The second kappa shape index (κ2) is 7.24. The summed E-state index contributed by atoms with van der Waals surface area (Å²) in [5.41, 5.74) is 16.5. The molecule has 1 aromatic heterocycles. The van der Waals surface area contributed by atoms with Crippen LogP contribution in [0.3, 0.4) is 0 Å². The van der Waals surface area contributed by atoms with Crippen LogP contribution in [-0.4, -0.2) is 0 Å². The van der Waals surface area contributed by atoms with Crippen LogP contribution in [0.1, 0.15) is 47.2 Å². The third-order valence-corrected chi connectivity index (χ3v) is 11.4. The number of hydrogen-bond acceptors (Lipinski definition) is 1. The molecule has 3 aliphatic rings. The Hall–Kier alpha value is -4.46. The summed E-state index contributed by atoms with van der Waals surface area (Å²) in [7, 11) is 0. The van der Waals surface area contributed by atoms with E-state index < -0.39 is 0 Å². The molecule has 0 saturated carbocycles. The quantitative estimate of drug-likeness (QED) is 0.180. The molecule has 192 valence electrons. The van der Waals surface area contributed by atoms with Crippen LogP contribution in [0.25, 0.3) is 53.6 Å². The summed E-state index contributed by atoms with van der Waals surface area (Å²) < 4.78 is 2.73. The van der Waals surface area contributed by atoms with Crippen LogP contribution >= 0.6 is 11.3 Å². The summed E-state index contributed by atoms with van der Waals surface area (Å²) in [5, 5.41) is 2.80. The molecule has 0 aliphatic heterocycles. The average Bonchev–Trinajstić information content (AvgIpc) is 3.69. The minimum atomic E-state index is -0.383. The van der Waals surface area contributed by atoms with Crippen molar-refractivity contribution in [1.29, 1.82) is 0 Å². The van der Waals surface area contributed by atoms with Gasteiger partial charge in [0.2, 0.25) is 0 Å². The van der Waals surface area contributed by atoms with Gasteiger partial charge in [0.05, 0.1) is 5.41 Å². The Morgan fingerprint density at radius 3 is 1.63 bits per heavy atom. The third-order valence-electron chi connectivity index (χ3n) is 10.3. The molecule has 6 aromatic carbocycles. The molecule has 3 aliphatic carbocycles. The van der Waals surface area contributed by atoms with Crippen LogP contribution in [0.5, 0.6) is 0 Å². The van der Waals surface area contributed by atoms with Crippen molar-refractivity contribution < 1.29 is 0 Å². The number of fused-ring (bicyclic) bond motifs is 18. The number of rotatable bonds is 0. The Balaban J connectivity index is 1.49. The molecule has 0 fully saturated rings. The Kier molecular flexibility index (Phi) is 3.93. The molecule has 0 bridgehead atoms. The van der Waals surface area contributed by atoms with E-state index in [2.05, 4.69) is 135 Å². The van der Waals surface area contributed by atoms with Gasteiger partial charge in [-0.15, -0.1) is 11.3 Å². The van der Waals surface area contributed by atoms with E-state index in [0.717, 1.165) is 0 Å². The molecule has 0 nitrogen and oxygen atoms in total. The zero-order valence-corrected chi connectivity index (χ0v) is 23.8. The maximum absolute atomic E-state index is 2.44. The summed E-state index contributed by atoms with van der Waals surface area (Å²) in [6.07, 6.45) is 0. The van der Waals surface area contributed by atoms with E-state index in [9.17, 15) is 0 Å². The lowest BCUT2D eigenvalue weighted by atomic mass is 9.65. The molecule has 10 rings (SSSR count). The number of thiophene rings is 1. The maximum atomic E-state index is 2.44. The topological polar surface area (TPSA) is 0 Å². The Morgan fingerprint density at radius 1 is 0.415 bits per heavy atom. The fourth-order valence-corrected chi connectivity index (χ4v) is 9.93. The van der Waals surface area contributed by atoms with Crippen molar-refractivity contribution in [3.05, 3.63) is 155 Å². The minimum Gasteiger partial charge on any atom is -0.135 e. The van der Waals surface area contributed by atoms with Gasteiger partial charge in [-0.1, -0.05) is 123 Å². The third kappa shape index (κ3) is 2.38. The molecule has 1 heteroatoms. The highest BCUT2D eigenvalue weighted by Crippen LogP contribution is 2.68. The van der Waals surface area contributed by atoms with Gasteiger partial charge in [0.1, 0.15) is 0 Å². The largest absolute Gasteiger partial charge is 0.135 e. The SMILES string of the molecule is CC1(C)c2ccccc2-c2ccc3c(c21)C1(c2ccccc2-c2ccccc21)c1c-3ccc2sc3ccccc3c12. The fraction of sp³-hybridized carbons (Fsp3) is 0.100. The van der Waals surface area contributed by atoms with Gasteiger partial charge in [0.15, 0.2) is 0 Å². The molecule has 1 heterocycles. The lowest BCUT2D eigenvalue weighted by Crippen LogP contribution is -2.30. The Labute approximate surface area is 243 Å². The van der Waals surface area contributed by atoms with Gasteiger partial charge in [-0.2, -0.15) is 0 Å². The van der Waals surface area contributed by atoms with E-state index in [1.807, 2.05) is 11.3 Å². The molecule has 0 atom stereocenters. The first-order valence-electron chi connectivity index (χ1n) is 14.5. The van der Waals surface area contributed by atoms with Crippen LogP contribution in [0.2, 0.25) is 0 Å². The van der Waals surface area contributed by atoms with E-state index in [4.69, 9.17) is 0 Å². The van der Waals surface area contributed by atoms with Crippen molar-refractivity contribution in [1.82, 2.24) is 0 Å². The Morgan fingerprint density at radius 2 is 0.927 bits per heavy atom. The predicted molar refractivity (Wildman–Crippen MR) is 173 cm³/mol. The fourth-order valence-electron chi connectivity index (χ4n) is 8.82. The van der Waals surface area contributed by atoms with Gasteiger partial charge >= 0.3 is 0 Å². The van der Waals surface area contributed by atoms with Crippen LogP contribution in [-0.2, 0) is 10.8 Å². The van der Waals surface area contributed by atoms with Gasteiger partial charge in [-0.3, -0.25) is 0 Å². The molecule has 0 radical (unpaired) electrons. The van der Waals surface area contributed by atoms with Crippen molar-refractivity contribution in [2.45, 2.75) is 24.7 Å². The van der Waals surface area contributed by atoms with E-state index in [-0.39, 0.29) is 10.8 Å². The number of benzene rings is 6. The zero-order chi connectivity index (χ0) is 27.1. The van der Waals surface area contributed by atoms with Crippen LogP contribution in [0.15, 0.2) is 121 Å². The van der Waals surface area contributed by atoms with Gasteiger partial charge in [0, 0.05) is 25.6 Å². The molecule has 0 unspecified atom stereocenters. The molecular weight excluding hydrogens is 513 g/mol.